The minimum atomic E-state index is 0.225. The third kappa shape index (κ3) is 1.50. The van der Waals surface area contributed by atoms with Gasteiger partial charge in [0.25, 0.3) is 0 Å². The van der Waals surface area contributed by atoms with Crippen molar-refractivity contribution >= 4 is 0 Å². The first-order valence-corrected chi connectivity index (χ1v) is 5.05. The quantitative estimate of drug-likeness (QED) is 0.797. The van der Waals surface area contributed by atoms with Gasteiger partial charge in [-0.2, -0.15) is 0 Å². The lowest BCUT2D eigenvalue weighted by molar-refractivity contribution is 0.0792. The Hall–Kier alpha value is -1.02. The van der Waals surface area contributed by atoms with Crippen molar-refractivity contribution in [2.45, 2.75) is 24.7 Å². The maximum atomic E-state index is 9.21. The van der Waals surface area contributed by atoms with Crippen molar-refractivity contribution in [3.8, 4) is 5.75 Å². The van der Waals surface area contributed by atoms with Crippen LogP contribution in [0.5, 0.6) is 5.75 Å². The number of hydrogen-bond donors (Lipinski definition) is 1. The van der Waals surface area contributed by atoms with E-state index in [0.29, 0.717) is 5.75 Å². The number of benzene rings is 1. The number of rotatable bonds is 3. The first kappa shape index (κ1) is 9.53. The van der Waals surface area contributed by atoms with Gasteiger partial charge in [0.2, 0.25) is 0 Å². The van der Waals surface area contributed by atoms with Crippen molar-refractivity contribution in [3.63, 3.8) is 0 Å². The predicted octanol–water partition coefficient (Wildman–Crippen LogP) is 2.46. The number of methoxy groups -OCH3 is 1. The Balaban J connectivity index is 2.23. The average molecular weight is 192 g/mol. The molecule has 1 aromatic rings. The number of phenolic OH excluding ortho intramolecular Hbond substituents is 1. The molecule has 0 atom stereocenters. The molecule has 2 nitrogen and oxygen atoms in total. The first-order valence-electron chi connectivity index (χ1n) is 5.05. The molecule has 0 bridgehead atoms. The van der Waals surface area contributed by atoms with Gasteiger partial charge in [0.15, 0.2) is 0 Å². The van der Waals surface area contributed by atoms with Gasteiger partial charge in [0.05, 0.1) is 6.61 Å². The highest BCUT2D eigenvalue weighted by atomic mass is 16.5. The van der Waals surface area contributed by atoms with E-state index in [0.717, 1.165) is 6.61 Å². The lowest BCUT2D eigenvalue weighted by Gasteiger charge is -2.41. The zero-order valence-corrected chi connectivity index (χ0v) is 8.49. The van der Waals surface area contributed by atoms with Crippen LogP contribution in [-0.2, 0) is 10.2 Å². The summed E-state index contributed by atoms with van der Waals surface area (Å²) in [7, 11) is 1.75. The highest BCUT2D eigenvalue weighted by Gasteiger charge is 2.38. The Bertz CT molecular complexity index is 299. The van der Waals surface area contributed by atoms with Gasteiger partial charge in [-0.15, -0.1) is 0 Å². The molecule has 14 heavy (non-hydrogen) atoms. The van der Waals surface area contributed by atoms with Crippen LogP contribution in [0.4, 0.5) is 0 Å². The molecule has 2 heteroatoms. The van der Waals surface area contributed by atoms with E-state index in [4.69, 9.17) is 4.74 Å². The number of hydrogen-bond acceptors (Lipinski definition) is 2. The molecule has 0 unspecified atom stereocenters. The lowest BCUT2D eigenvalue weighted by atomic mass is 9.65. The van der Waals surface area contributed by atoms with E-state index in [1.807, 2.05) is 12.1 Å². The minimum Gasteiger partial charge on any atom is -0.508 e. The van der Waals surface area contributed by atoms with Crippen LogP contribution in [0.15, 0.2) is 24.3 Å². The molecular formula is C12H16O2. The van der Waals surface area contributed by atoms with E-state index in [9.17, 15) is 5.11 Å². The molecule has 1 N–H and O–H groups in total. The molecule has 2 rings (SSSR count). The molecule has 0 radical (unpaired) electrons. The second-order valence-corrected chi connectivity index (χ2v) is 4.11. The van der Waals surface area contributed by atoms with Crippen LogP contribution in [0.3, 0.4) is 0 Å². The molecule has 0 amide bonds. The fraction of sp³-hybridized carbons (Fsp3) is 0.500. The minimum absolute atomic E-state index is 0.225. The summed E-state index contributed by atoms with van der Waals surface area (Å²) in [5.41, 5.74) is 1.52. The van der Waals surface area contributed by atoms with Crippen LogP contribution in [0.25, 0.3) is 0 Å². The molecule has 76 valence electrons. The average Bonchev–Trinajstić information content (AvgIpc) is 2.13. The maximum Gasteiger partial charge on any atom is 0.115 e. The van der Waals surface area contributed by atoms with Crippen molar-refractivity contribution in [1.82, 2.24) is 0 Å². The van der Waals surface area contributed by atoms with Crippen molar-refractivity contribution in [1.29, 1.82) is 0 Å². The predicted molar refractivity (Wildman–Crippen MR) is 55.5 cm³/mol. The van der Waals surface area contributed by atoms with E-state index in [2.05, 4.69) is 0 Å². The highest BCUT2D eigenvalue weighted by molar-refractivity contribution is 5.33. The van der Waals surface area contributed by atoms with Gasteiger partial charge in [0, 0.05) is 12.5 Å². The number of ether oxygens (including phenoxy) is 1. The van der Waals surface area contributed by atoms with Crippen molar-refractivity contribution in [2.75, 3.05) is 13.7 Å². The summed E-state index contributed by atoms with van der Waals surface area (Å²) in [5, 5.41) is 9.21. The first-order chi connectivity index (χ1) is 6.77. The van der Waals surface area contributed by atoms with Gasteiger partial charge >= 0.3 is 0 Å². The van der Waals surface area contributed by atoms with Crippen LogP contribution in [-0.4, -0.2) is 18.8 Å². The molecule has 0 saturated heterocycles. The van der Waals surface area contributed by atoms with Gasteiger partial charge in [-0.05, 0) is 30.5 Å². The summed E-state index contributed by atoms with van der Waals surface area (Å²) in [4.78, 5) is 0. The standard InChI is InChI=1S/C12H16O2/c1-14-9-12(7-2-8-12)10-3-5-11(13)6-4-10/h3-6,13H,2,7-9H2,1H3. The summed E-state index contributed by atoms with van der Waals surface area (Å²) in [5.74, 6) is 0.334. The second kappa shape index (κ2) is 3.62. The third-order valence-corrected chi connectivity index (χ3v) is 3.21. The van der Waals surface area contributed by atoms with Crippen LogP contribution in [0.2, 0.25) is 0 Å². The van der Waals surface area contributed by atoms with E-state index in [1.165, 1.54) is 24.8 Å². The SMILES string of the molecule is COCC1(c2ccc(O)cc2)CCC1. The van der Waals surface area contributed by atoms with Gasteiger partial charge < -0.3 is 9.84 Å². The topological polar surface area (TPSA) is 29.5 Å². The van der Waals surface area contributed by atoms with Gasteiger partial charge in [0.1, 0.15) is 5.75 Å². The van der Waals surface area contributed by atoms with E-state index >= 15 is 0 Å². The largest absolute Gasteiger partial charge is 0.508 e. The van der Waals surface area contributed by atoms with Gasteiger partial charge in [-0.1, -0.05) is 18.6 Å². The van der Waals surface area contributed by atoms with Crippen LogP contribution >= 0.6 is 0 Å². The molecule has 1 saturated carbocycles. The zero-order chi connectivity index (χ0) is 10.0. The Morgan fingerprint density at radius 2 is 1.93 bits per heavy atom. The summed E-state index contributed by atoms with van der Waals surface area (Å²) in [6.07, 6.45) is 3.68. The van der Waals surface area contributed by atoms with E-state index in [1.54, 1.807) is 19.2 Å². The number of aromatic hydroxyl groups is 1. The fourth-order valence-electron chi connectivity index (χ4n) is 2.21. The Morgan fingerprint density at radius 3 is 2.36 bits per heavy atom. The molecule has 0 heterocycles. The second-order valence-electron chi connectivity index (χ2n) is 4.11. The highest BCUT2D eigenvalue weighted by Crippen LogP contribution is 2.44. The normalized spacial score (nSPS) is 18.9. The molecular weight excluding hydrogens is 176 g/mol. The monoisotopic (exact) mass is 192 g/mol. The molecule has 1 aromatic carbocycles. The number of phenols is 1. The van der Waals surface area contributed by atoms with Crippen molar-refractivity contribution < 1.29 is 9.84 Å². The molecule has 0 spiro atoms. The molecule has 1 fully saturated rings. The summed E-state index contributed by atoms with van der Waals surface area (Å²) >= 11 is 0. The lowest BCUT2D eigenvalue weighted by Crippen LogP contribution is -2.38. The van der Waals surface area contributed by atoms with Crippen molar-refractivity contribution in [2.24, 2.45) is 0 Å². The third-order valence-electron chi connectivity index (χ3n) is 3.21. The summed E-state index contributed by atoms with van der Waals surface area (Å²) in [6, 6.07) is 7.52. The molecule has 0 aromatic heterocycles. The van der Waals surface area contributed by atoms with Gasteiger partial charge in [-0.25, -0.2) is 0 Å². The smallest absolute Gasteiger partial charge is 0.115 e. The van der Waals surface area contributed by atoms with E-state index in [-0.39, 0.29) is 5.41 Å². The fourth-order valence-corrected chi connectivity index (χ4v) is 2.21. The van der Waals surface area contributed by atoms with Gasteiger partial charge in [-0.3, -0.25) is 0 Å². The maximum absolute atomic E-state index is 9.21. The molecule has 0 aliphatic heterocycles. The summed E-state index contributed by atoms with van der Waals surface area (Å²) in [6.45, 7) is 0.789. The van der Waals surface area contributed by atoms with Crippen LogP contribution < -0.4 is 0 Å². The van der Waals surface area contributed by atoms with E-state index < -0.39 is 0 Å². The van der Waals surface area contributed by atoms with Crippen molar-refractivity contribution in [3.05, 3.63) is 29.8 Å². The Labute approximate surface area is 84.5 Å². The zero-order valence-electron chi connectivity index (χ0n) is 8.49. The Kier molecular flexibility index (Phi) is 2.46. The van der Waals surface area contributed by atoms with Crippen LogP contribution in [0, 0.1) is 0 Å². The summed E-state index contributed by atoms with van der Waals surface area (Å²) < 4.78 is 5.27. The molecule has 1 aliphatic carbocycles. The Morgan fingerprint density at radius 1 is 1.29 bits per heavy atom. The van der Waals surface area contributed by atoms with Crippen LogP contribution in [0.1, 0.15) is 24.8 Å². The molecule has 1 aliphatic rings.